The molecule has 0 bridgehead atoms. The minimum atomic E-state index is -1.09. The molecule has 3 aromatic rings. The molecule has 3 aromatic carbocycles. The molecule has 8 nitrogen and oxygen atoms in total. The molecule has 0 radical (unpaired) electrons. The van der Waals surface area contributed by atoms with Crippen LogP contribution in [-0.2, 0) is 25.7 Å². The topological polar surface area (TPSA) is 114 Å². The Kier molecular flexibility index (Phi) is 10.5. The Morgan fingerprint density at radius 1 is 0.878 bits per heavy atom. The van der Waals surface area contributed by atoms with E-state index in [9.17, 15) is 19.5 Å². The number of rotatable bonds is 14. The zero-order valence-electron chi connectivity index (χ0n) is 23.5. The van der Waals surface area contributed by atoms with Crippen molar-refractivity contribution in [2.75, 3.05) is 6.61 Å². The highest BCUT2D eigenvalue weighted by Gasteiger charge is 2.32. The van der Waals surface area contributed by atoms with Gasteiger partial charge >= 0.3 is 12.1 Å². The van der Waals surface area contributed by atoms with Gasteiger partial charge in [0.15, 0.2) is 0 Å². The van der Waals surface area contributed by atoms with Gasteiger partial charge in [-0.05, 0) is 41.2 Å². The predicted molar refractivity (Wildman–Crippen MR) is 156 cm³/mol. The fraction of sp³-hybridized carbons (Fsp3) is 0.364. The molecule has 0 saturated carbocycles. The van der Waals surface area contributed by atoms with Crippen LogP contribution in [0.2, 0.25) is 0 Å². The molecular formula is C33H38N2O6. The van der Waals surface area contributed by atoms with Crippen LogP contribution in [0, 0.1) is 0 Å². The van der Waals surface area contributed by atoms with Crippen LogP contribution in [0.4, 0.5) is 4.79 Å². The quantitative estimate of drug-likeness (QED) is 0.236. The summed E-state index contributed by atoms with van der Waals surface area (Å²) in [7, 11) is 0. The van der Waals surface area contributed by atoms with E-state index in [2.05, 4.69) is 22.8 Å². The second-order valence-corrected chi connectivity index (χ2v) is 10.4. The second-order valence-electron chi connectivity index (χ2n) is 10.4. The molecule has 3 atom stereocenters. The normalized spacial score (nSPS) is 14.3. The van der Waals surface area contributed by atoms with Crippen molar-refractivity contribution in [3.63, 3.8) is 0 Å². The van der Waals surface area contributed by atoms with Gasteiger partial charge in [-0.1, -0.05) is 98.6 Å². The highest BCUT2D eigenvalue weighted by molar-refractivity contribution is 5.87. The number of amides is 2. The van der Waals surface area contributed by atoms with Gasteiger partial charge in [0.2, 0.25) is 5.91 Å². The first-order valence-corrected chi connectivity index (χ1v) is 14.2. The molecular weight excluding hydrogens is 520 g/mol. The molecule has 2 amide bonds. The molecule has 1 aliphatic carbocycles. The van der Waals surface area contributed by atoms with Gasteiger partial charge in [-0.2, -0.15) is 0 Å². The van der Waals surface area contributed by atoms with Crippen LogP contribution in [0.3, 0.4) is 0 Å². The van der Waals surface area contributed by atoms with Gasteiger partial charge in [0, 0.05) is 12.0 Å². The highest BCUT2D eigenvalue weighted by atomic mass is 16.5. The first-order valence-electron chi connectivity index (χ1n) is 14.2. The molecule has 3 unspecified atom stereocenters. The number of carboxylic acid groups (broad SMARTS) is 1. The number of nitrogens with one attached hydrogen (secondary N) is 2. The van der Waals surface area contributed by atoms with E-state index in [0.717, 1.165) is 40.7 Å². The summed E-state index contributed by atoms with van der Waals surface area (Å²) < 4.78 is 11.7. The molecule has 8 heteroatoms. The molecule has 0 saturated heterocycles. The zero-order valence-corrected chi connectivity index (χ0v) is 23.5. The summed E-state index contributed by atoms with van der Waals surface area (Å²) in [5.74, 6) is -1.64. The van der Waals surface area contributed by atoms with Gasteiger partial charge in [-0.25, -0.2) is 4.79 Å². The van der Waals surface area contributed by atoms with Gasteiger partial charge in [0.1, 0.15) is 12.6 Å². The van der Waals surface area contributed by atoms with Crippen LogP contribution in [0.15, 0.2) is 78.9 Å². The Balaban J connectivity index is 1.45. The molecule has 0 fully saturated rings. The van der Waals surface area contributed by atoms with E-state index < -0.39 is 36.2 Å². The zero-order chi connectivity index (χ0) is 29.2. The Hall–Kier alpha value is -4.17. The third-order valence-electron chi connectivity index (χ3n) is 7.40. The van der Waals surface area contributed by atoms with E-state index in [1.165, 1.54) is 0 Å². The van der Waals surface area contributed by atoms with E-state index in [4.69, 9.17) is 9.47 Å². The number of alkyl carbamates (subject to hydrolysis) is 1. The van der Waals surface area contributed by atoms with Crippen molar-refractivity contribution < 1.29 is 29.0 Å². The Morgan fingerprint density at radius 2 is 1.49 bits per heavy atom. The number of carboxylic acids is 1. The van der Waals surface area contributed by atoms with Gasteiger partial charge < -0.3 is 25.2 Å². The standard InChI is InChI=1S/C33H38N2O6/c1-3-4-14-24(19-30(36)37)34-32(38)31(22(2)40-20-23-12-6-5-7-13-23)35-33(39)41-21-29-27-17-10-8-15-25(27)26-16-9-11-18-28(26)29/h5-13,15-18,22,24,29,31H,3-4,14,19-21H2,1-2H3,(H,34,38)(H,35,39)(H,36,37). The third kappa shape index (κ3) is 7.95. The summed E-state index contributed by atoms with van der Waals surface area (Å²) in [5.41, 5.74) is 5.33. The number of carbonyl (C=O) groups is 3. The third-order valence-corrected chi connectivity index (χ3v) is 7.40. The van der Waals surface area contributed by atoms with E-state index in [0.29, 0.717) is 6.42 Å². The van der Waals surface area contributed by atoms with Crippen molar-refractivity contribution in [1.82, 2.24) is 10.6 Å². The van der Waals surface area contributed by atoms with E-state index in [1.54, 1.807) is 6.92 Å². The summed E-state index contributed by atoms with van der Waals surface area (Å²) >= 11 is 0. The first kappa shape index (κ1) is 29.8. The van der Waals surface area contributed by atoms with Gasteiger partial charge in [-0.3, -0.25) is 9.59 Å². The fourth-order valence-electron chi connectivity index (χ4n) is 5.24. The summed E-state index contributed by atoms with van der Waals surface area (Å²) in [6.45, 7) is 4.05. The summed E-state index contributed by atoms with van der Waals surface area (Å²) in [5, 5.41) is 14.9. The summed E-state index contributed by atoms with van der Waals surface area (Å²) in [6, 6.07) is 24.0. The first-order chi connectivity index (χ1) is 19.9. The van der Waals surface area contributed by atoms with Crippen molar-refractivity contribution >= 4 is 18.0 Å². The van der Waals surface area contributed by atoms with E-state index in [-0.39, 0.29) is 25.6 Å². The number of aliphatic carboxylic acids is 1. The Bertz CT molecular complexity index is 1280. The van der Waals surface area contributed by atoms with Gasteiger partial charge in [0.05, 0.1) is 19.1 Å². The monoisotopic (exact) mass is 558 g/mol. The maximum Gasteiger partial charge on any atom is 0.407 e. The average Bonchev–Trinajstić information content (AvgIpc) is 3.30. The van der Waals surface area contributed by atoms with Crippen LogP contribution in [0.5, 0.6) is 0 Å². The van der Waals surface area contributed by atoms with Crippen molar-refractivity contribution in [3.8, 4) is 11.1 Å². The lowest BCUT2D eigenvalue weighted by atomic mass is 9.98. The van der Waals surface area contributed by atoms with Crippen LogP contribution in [-0.4, -0.2) is 47.9 Å². The SMILES string of the molecule is CCCCC(CC(=O)O)NC(=O)C(NC(=O)OCC1c2ccccc2-c2ccccc21)C(C)OCc1ccccc1. The van der Waals surface area contributed by atoms with Crippen molar-refractivity contribution in [2.24, 2.45) is 0 Å². The molecule has 3 N–H and O–H groups in total. The molecule has 4 rings (SSSR count). The number of benzene rings is 3. The van der Waals surface area contributed by atoms with Crippen molar-refractivity contribution in [3.05, 3.63) is 95.6 Å². The molecule has 0 aliphatic heterocycles. The lowest BCUT2D eigenvalue weighted by Gasteiger charge is -2.27. The van der Waals surface area contributed by atoms with Crippen molar-refractivity contribution in [1.29, 1.82) is 0 Å². The average molecular weight is 559 g/mol. The Morgan fingerprint density at radius 3 is 2.10 bits per heavy atom. The number of unbranched alkanes of at least 4 members (excludes halogenated alkanes) is 1. The minimum Gasteiger partial charge on any atom is -0.481 e. The fourth-order valence-corrected chi connectivity index (χ4v) is 5.24. The minimum absolute atomic E-state index is 0.103. The summed E-state index contributed by atoms with van der Waals surface area (Å²) in [4.78, 5) is 37.9. The lowest BCUT2D eigenvalue weighted by Crippen LogP contribution is -2.55. The van der Waals surface area contributed by atoms with Crippen LogP contribution >= 0.6 is 0 Å². The molecule has 216 valence electrons. The van der Waals surface area contributed by atoms with Crippen molar-refractivity contribution in [2.45, 2.75) is 70.2 Å². The van der Waals surface area contributed by atoms with Gasteiger partial charge in [0.25, 0.3) is 0 Å². The molecule has 1 aliphatic rings. The number of carbonyl (C=O) groups excluding carboxylic acids is 2. The molecule has 0 spiro atoms. The number of ether oxygens (including phenoxy) is 2. The van der Waals surface area contributed by atoms with Gasteiger partial charge in [-0.15, -0.1) is 0 Å². The lowest BCUT2D eigenvalue weighted by molar-refractivity contribution is -0.138. The second kappa shape index (κ2) is 14.5. The smallest absolute Gasteiger partial charge is 0.407 e. The van der Waals surface area contributed by atoms with Crippen LogP contribution in [0.25, 0.3) is 11.1 Å². The van der Waals surface area contributed by atoms with E-state index in [1.807, 2.05) is 73.7 Å². The molecule has 41 heavy (non-hydrogen) atoms. The maximum atomic E-state index is 13.4. The summed E-state index contributed by atoms with van der Waals surface area (Å²) in [6.07, 6.45) is 0.485. The van der Waals surface area contributed by atoms with E-state index >= 15 is 0 Å². The van der Waals surface area contributed by atoms with Crippen LogP contribution in [0.1, 0.15) is 62.1 Å². The molecule has 0 heterocycles. The molecule has 0 aromatic heterocycles. The number of fused-ring (bicyclic) bond motifs is 3. The maximum absolute atomic E-state index is 13.4. The van der Waals surface area contributed by atoms with Crippen LogP contribution < -0.4 is 10.6 Å². The highest BCUT2D eigenvalue weighted by Crippen LogP contribution is 2.44. The predicted octanol–water partition coefficient (Wildman–Crippen LogP) is 5.65. The largest absolute Gasteiger partial charge is 0.481 e. The number of hydrogen-bond donors (Lipinski definition) is 3. The number of hydrogen-bond acceptors (Lipinski definition) is 5. The Labute approximate surface area is 241 Å².